The Morgan fingerprint density at radius 2 is 1.64 bits per heavy atom. The van der Waals surface area contributed by atoms with Gasteiger partial charge in [0.25, 0.3) is 0 Å². The molecule has 4 heteroatoms. The molecule has 28 heavy (non-hydrogen) atoms. The molecule has 0 spiro atoms. The van der Waals surface area contributed by atoms with Crippen molar-refractivity contribution < 1.29 is 9.47 Å². The first-order valence-corrected chi connectivity index (χ1v) is 9.39. The summed E-state index contributed by atoms with van der Waals surface area (Å²) < 4.78 is 13.7. The van der Waals surface area contributed by atoms with E-state index < -0.39 is 0 Å². The molecule has 0 amide bonds. The van der Waals surface area contributed by atoms with Crippen molar-refractivity contribution >= 4 is 16.5 Å². The average Bonchev–Trinajstić information content (AvgIpc) is 3.38. The van der Waals surface area contributed by atoms with Crippen molar-refractivity contribution in [3.05, 3.63) is 108 Å². The summed E-state index contributed by atoms with van der Waals surface area (Å²) in [7, 11) is 0. The van der Waals surface area contributed by atoms with Crippen LogP contribution in [0.2, 0.25) is 0 Å². The summed E-state index contributed by atoms with van der Waals surface area (Å²) in [5.41, 5.74) is 2.41. The lowest BCUT2D eigenvalue weighted by Crippen LogP contribution is -2.05. The number of imidazole rings is 1. The van der Waals surface area contributed by atoms with Crippen LogP contribution in [0, 0.1) is 0 Å². The molecule has 0 saturated carbocycles. The Morgan fingerprint density at radius 1 is 0.821 bits per heavy atom. The van der Waals surface area contributed by atoms with Crippen molar-refractivity contribution in [2.24, 2.45) is 0 Å². The molecule has 0 unspecified atom stereocenters. The van der Waals surface area contributed by atoms with Crippen molar-refractivity contribution in [2.45, 2.75) is 13.0 Å². The number of nitrogens with zero attached hydrogens (tertiary/aromatic N) is 2. The molecule has 3 aromatic carbocycles. The monoisotopic (exact) mass is 368 g/mol. The van der Waals surface area contributed by atoms with Crippen LogP contribution in [0.15, 0.2) is 90.9 Å². The molecule has 1 aromatic heterocycles. The van der Waals surface area contributed by atoms with Crippen LogP contribution in [0.3, 0.4) is 0 Å². The van der Waals surface area contributed by atoms with Crippen LogP contribution in [0.25, 0.3) is 16.5 Å². The SMILES string of the molecule is c1ccc(CC2=C(c3nccn3Cc3ccc4ccccc4c3)OCO2)cc1. The summed E-state index contributed by atoms with van der Waals surface area (Å²) in [6.45, 7) is 0.964. The zero-order valence-electron chi connectivity index (χ0n) is 15.4. The smallest absolute Gasteiger partial charge is 0.231 e. The fraction of sp³-hybridized carbons (Fsp3) is 0.125. The van der Waals surface area contributed by atoms with E-state index in [1.165, 1.54) is 21.9 Å². The van der Waals surface area contributed by atoms with E-state index in [-0.39, 0.29) is 6.79 Å². The van der Waals surface area contributed by atoms with E-state index >= 15 is 0 Å². The van der Waals surface area contributed by atoms with Gasteiger partial charge in [0.1, 0.15) is 0 Å². The first kappa shape index (κ1) is 16.6. The van der Waals surface area contributed by atoms with Crippen LogP contribution < -0.4 is 0 Å². The second kappa shape index (κ2) is 7.24. The fourth-order valence-corrected chi connectivity index (χ4v) is 3.59. The van der Waals surface area contributed by atoms with E-state index in [9.17, 15) is 0 Å². The highest BCUT2D eigenvalue weighted by molar-refractivity contribution is 5.83. The zero-order chi connectivity index (χ0) is 18.8. The maximum atomic E-state index is 5.80. The zero-order valence-corrected chi connectivity index (χ0v) is 15.4. The van der Waals surface area contributed by atoms with Gasteiger partial charge in [-0.2, -0.15) is 0 Å². The highest BCUT2D eigenvalue weighted by atomic mass is 16.7. The van der Waals surface area contributed by atoms with Crippen LogP contribution in [0.4, 0.5) is 0 Å². The molecule has 4 aromatic rings. The number of aromatic nitrogens is 2. The van der Waals surface area contributed by atoms with E-state index in [1.54, 1.807) is 0 Å². The minimum absolute atomic E-state index is 0.236. The molecule has 0 aliphatic carbocycles. The first-order valence-electron chi connectivity index (χ1n) is 9.39. The predicted octanol–water partition coefficient (Wildman–Crippen LogP) is 5.00. The van der Waals surface area contributed by atoms with Gasteiger partial charge < -0.3 is 14.0 Å². The molecule has 4 nitrogen and oxygen atoms in total. The quantitative estimate of drug-likeness (QED) is 0.497. The second-order valence-corrected chi connectivity index (χ2v) is 6.88. The van der Waals surface area contributed by atoms with Crippen LogP contribution in [-0.2, 0) is 22.4 Å². The summed E-state index contributed by atoms with van der Waals surface area (Å²) in [5, 5.41) is 2.49. The lowest BCUT2D eigenvalue weighted by molar-refractivity contribution is 0.0851. The molecule has 2 heterocycles. The highest BCUT2D eigenvalue weighted by Gasteiger charge is 2.23. The predicted molar refractivity (Wildman–Crippen MR) is 109 cm³/mol. The van der Waals surface area contributed by atoms with Gasteiger partial charge in [-0.05, 0) is 28.0 Å². The van der Waals surface area contributed by atoms with Crippen LogP contribution in [0.5, 0.6) is 0 Å². The Bertz CT molecular complexity index is 1150. The van der Waals surface area contributed by atoms with Gasteiger partial charge in [-0.15, -0.1) is 0 Å². The Labute approximate surface area is 163 Å². The molecule has 138 valence electrons. The summed E-state index contributed by atoms with van der Waals surface area (Å²) in [4.78, 5) is 4.55. The number of hydrogen-bond donors (Lipinski definition) is 0. The molecule has 0 saturated heterocycles. The van der Waals surface area contributed by atoms with Crippen molar-refractivity contribution in [2.75, 3.05) is 6.79 Å². The molecule has 0 radical (unpaired) electrons. The van der Waals surface area contributed by atoms with Gasteiger partial charge in [-0.3, -0.25) is 0 Å². The first-order chi connectivity index (χ1) is 13.9. The summed E-state index contributed by atoms with van der Waals surface area (Å²) in [5.74, 6) is 2.36. The van der Waals surface area contributed by atoms with Crippen LogP contribution >= 0.6 is 0 Å². The van der Waals surface area contributed by atoms with Crippen molar-refractivity contribution in [1.29, 1.82) is 0 Å². The Morgan fingerprint density at radius 3 is 2.54 bits per heavy atom. The van der Waals surface area contributed by atoms with Gasteiger partial charge in [0, 0.05) is 25.4 Å². The van der Waals surface area contributed by atoms with Crippen LogP contribution in [0.1, 0.15) is 17.0 Å². The van der Waals surface area contributed by atoms with E-state index in [0.29, 0.717) is 6.42 Å². The van der Waals surface area contributed by atoms with Gasteiger partial charge in [-0.25, -0.2) is 4.98 Å². The summed E-state index contributed by atoms with van der Waals surface area (Å²) in [6, 6.07) is 25.2. The Kier molecular flexibility index (Phi) is 4.30. The normalized spacial score (nSPS) is 13.6. The van der Waals surface area contributed by atoms with Crippen molar-refractivity contribution in [1.82, 2.24) is 9.55 Å². The number of rotatable bonds is 5. The maximum Gasteiger partial charge on any atom is 0.231 e. The molecular weight excluding hydrogens is 348 g/mol. The van der Waals surface area contributed by atoms with Crippen molar-refractivity contribution in [3.63, 3.8) is 0 Å². The Hall–Kier alpha value is -3.53. The third-order valence-electron chi connectivity index (χ3n) is 4.98. The van der Waals surface area contributed by atoms with Crippen molar-refractivity contribution in [3.8, 4) is 0 Å². The average molecular weight is 368 g/mol. The lowest BCUT2D eigenvalue weighted by Gasteiger charge is -2.10. The minimum Gasteiger partial charge on any atom is -0.457 e. The largest absolute Gasteiger partial charge is 0.457 e. The highest BCUT2D eigenvalue weighted by Crippen LogP contribution is 2.28. The molecule has 1 aliphatic heterocycles. The summed E-state index contributed by atoms with van der Waals surface area (Å²) in [6.07, 6.45) is 4.49. The fourth-order valence-electron chi connectivity index (χ4n) is 3.59. The number of ether oxygens (including phenoxy) is 2. The molecule has 5 rings (SSSR count). The van der Waals surface area contributed by atoms with E-state index in [0.717, 1.165) is 23.9 Å². The molecule has 0 atom stereocenters. The molecular formula is C24H20N2O2. The standard InChI is InChI=1S/C24H20N2O2/c1-2-6-18(7-3-1)15-22-23(28-17-27-22)24-25-12-13-26(24)16-19-10-11-20-8-4-5-9-21(20)14-19/h1-14H,15-17H2. The van der Waals surface area contributed by atoms with E-state index in [4.69, 9.17) is 9.47 Å². The van der Waals surface area contributed by atoms with Gasteiger partial charge in [-0.1, -0.05) is 66.7 Å². The number of hydrogen-bond acceptors (Lipinski definition) is 3. The third-order valence-corrected chi connectivity index (χ3v) is 4.98. The molecule has 0 bridgehead atoms. The molecule has 0 N–H and O–H groups in total. The van der Waals surface area contributed by atoms with E-state index in [1.807, 2.05) is 30.6 Å². The Balaban J connectivity index is 1.45. The lowest BCUT2D eigenvalue weighted by atomic mass is 10.1. The number of allylic oxidation sites excluding steroid dienone is 1. The van der Waals surface area contributed by atoms with Gasteiger partial charge in [0.2, 0.25) is 12.6 Å². The third kappa shape index (κ3) is 3.25. The van der Waals surface area contributed by atoms with Gasteiger partial charge >= 0.3 is 0 Å². The minimum atomic E-state index is 0.236. The molecule has 0 fully saturated rings. The maximum absolute atomic E-state index is 5.80. The summed E-state index contributed by atoms with van der Waals surface area (Å²) >= 11 is 0. The topological polar surface area (TPSA) is 36.3 Å². The number of fused-ring (bicyclic) bond motifs is 1. The van der Waals surface area contributed by atoms with Gasteiger partial charge in [0.15, 0.2) is 11.6 Å². The number of benzene rings is 3. The van der Waals surface area contributed by atoms with E-state index in [2.05, 4.69) is 64.1 Å². The second-order valence-electron chi connectivity index (χ2n) is 6.88. The van der Waals surface area contributed by atoms with Gasteiger partial charge in [0.05, 0.1) is 0 Å². The molecule has 1 aliphatic rings. The van der Waals surface area contributed by atoms with Crippen LogP contribution in [-0.4, -0.2) is 16.3 Å².